The number of ether oxygens (including phenoxy) is 2. The highest BCUT2D eigenvalue weighted by atomic mass is 31.2. The minimum atomic E-state index is -5.60. The molecule has 0 aromatic heterocycles. The number of hydrogen-bond acceptors (Lipinski definition) is 14. The quantitative estimate of drug-likeness (QED) is 0.0122. The summed E-state index contributed by atoms with van der Waals surface area (Å²) < 4.78 is 65.6. The molecule has 8 unspecified atom stereocenters. The summed E-state index contributed by atoms with van der Waals surface area (Å²) in [5.41, 5.74) is 0. The highest BCUT2D eigenvalue weighted by Crippen LogP contribution is 2.51. The summed E-state index contributed by atoms with van der Waals surface area (Å²) >= 11 is 0. The van der Waals surface area contributed by atoms with E-state index < -0.39 is 91.3 Å². The third kappa shape index (κ3) is 35.4. The van der Waals surface area contributed by atoms with E-state index in [9.17, 15) is 63.1 Å². The second-order valence-electron chi connectivity index (χ2n) is 18.1. The maximum absolute atomic E-state index is 13.1. The zero-order valence-electron chi connectivity index (χ0n) is 41.4. The van der Waals surface area contributed by atoms with E-state index in [1.54, 1.807) is 0 Å². The SMILES string of the molecule is CCCCCCC=CCCCCCCCCCC(=O)OCC(COP(=O)(O)OC1C(O)C(O)C(OP(=O)(O)O)C(OP(=O)(O)O)C1O)OC(=O)CCCCCCCCCC=CCCCCCCCC. The van der Waals surface area contributed by atoms with Gasteiger partial charge in [0.25, 0.3) is 0 Å². The predicted octanol–water partition coefficient (Wildman–Crippen LogP) is 9.85. The van der Waals surface area contributed by atoms with Crippen molar-refractivity contribution >= 4 is 35.4 Å². The number of unbranched alkanes of at least 4 members (excludes halogenated alkanes) is 24. The van der Waals surface area contributed by atoms with E-state index in [1.165, 1.54) is 64.2 Å². The number of hydrogen-bond donors (Lipinski definition) is 8. The first kappa shape index (κ1) is 65.6. The van der Waals surface area contributed by atoms with Crippen LogP contribution in [0.1, 0.15) is 206 Å². The van der Waals surface area contributed by atoms with Crippen LogP contribution in [0, 0.1) is 0 Å². The van der Waals surface area contributed by atoms with Crippen LogP contribution in [0.2, 0.25) is 0 Å². The van der Waals surface area contributed by atoms with Gasteiger partial charge in [-0.25, -0.2) is 13.7 Å². The molecule has 8 N–H and O–H groups in total. The first-order valence-electron chi connectivity index (χ1n) is 25.6. The van der Waals surface area contributed by atoms with Crippen LogP contribution in [0.15, 0.2) is 24.3 Å². The Morgan fingerprint density at radius 3 is 1.22 bits per heavy atom. The van der Waals surface area contributed by atoms with Crippen molar-refractivity contribution < 1.29 is 90.6 Å². The normalized spacial score (nSPS) is 21.5. The Labute approximate surface area is 411 Å². The van der Waals surface area contributed by atoms with Gasteiger partial charge in [-0.05, 0) is 64.2 Å². The topological polar surface area (TPSA) is 303 Å². The zero-order chi connectivity index (χ0) is 51.4. The number of carbonyl (C=O) groups excluding carboxylic acids is 2. The lowest BCUT2D eigenvalue weighted by atomic mass is 9.85. The summed E-state index contributed by atoms with van der Waals surface area (Å²) in [6.07, 6.45) is 23.2. The van der Waals surface area contributed by atoms with Crippen LogP contribution in [0.3, 0.4) is 0 Å². The summed E-state index contributed by atoms with van der Waals surface area (Å²) in [6, 6.07) is 0. The van der Waals surface area contributed by atoms with Gasteiger partial charge in [0.2, 0.25) is 0 Å². The maximum Gasteiger partial charge on any atom is 0.472 e. The molecule has 0 saturated heterocycles. The number of aliphatic hydroxyl groups excluding tert-OH is 3. The van der Waals surface area contributed by atoms with Crippen LogP contribution in [0.25, 0.3) is 0 Å². The third-order valence-electron chi connectivity index (χ3n) is 11.7. The molecule has 0 bridgehead atoms. The van der Waals surface area contributed by atoms with Gasteiger partial charge in [-0.3, -0.25) is 27.7 Å². The molecular formula is C47H89O19P3. The van der Waals surface area contributed by atoms with E-state index in [2.05, 4.69) is 47.2 Å². The molecule has 1 aliphatic rings. The Bertz CT molecular complexity index is 1540. The van der Waals surface area contributed by atoms with Gasteiger partial charge in [0, 0.05) is 12.8 Å². The lowest BCUT2D eigenvalue weighted by molar-refractivity contribution is -0.213. The minimum Gasteiger partial charge on any atom is -0.462 e. The van der Waals surface area contributed by atoms with E-state index in [-0.39, 0.29) is 12.8 Å². The fraction of sp³-hybridized carbons (Fsp3) is 0.872. The van der Waals surface area contributed by atoms with Gasteiger partial charge in [-0.1, -0.05) is 154 Å². The van der Waals surface area contributed by atoms with Crippen molar-refractivity contribution in [3.05, 3.63) is 24.3 Å². The second-order valence-corrected chi connectivity index (χ2v) is 21.9. The molecular weight excluding hydrogens is 961 g/mol. The van der Waals surface area contributed by atoms with Crippen LogP contribution >= 0.6 is 23.5 Å². The number of phosphoric ester groups is 3. The molecule has 1 aliphatic carbocycles. The highest BCUT2D eigenvalue weighted by Gasteiger charge is 2.56. The van der Waals surface area contributed by atoms with Crippen LogP contribution < -0.4 is 0 Å². The van der Waals surface area contributed by atoms with Crippen LogP contribution in [0.4, 0.5) is 0 Å². The number of aliphatic hydroxyl groups is 3. The molecule has 0 heterocycles. The fourth-order valence-electron chi connectivity index (χ4n) is 7.87. The van der Waals surface area contributed by atoms with Crippen molar-refractivity contribution in [3.8, 4) is 0 Å². The van der Waals surface area contributed by atoms with Gasteiger partial charge in [0.1, 0.15) is 43.2 Å². The van der Waals surface area contributed by atoms with Gasteiger partial charge in [-0.2, -0.15) is 0 Å². The average Bonchev–Trinajstić information content (AvgIpc) is 3.28. The van der Waals surface area contributed by atoms with Gasteiger partial charge >= 0.3 is 35.4 Å². The van der Waals surface area contributed by atoms with E-state index in [0.717, 1.165) is 103 Å². The zero-order valence-corrected chi connectivity index (χ0v) is 44.1. The predicted molar refractivity (Wildman–Crippen MR) is 261 cm³/mol. The Balaban J connectivity index is 2.69. The van der Waals surface area contributed by atoms with Crippen molar-refractivity contribution in [2.75, 3.05) is 13.2 Å². The molecule has 1 fully saturated rings. The first-order valence-corrected chi connectivity index (χ1v) is 30.2. The average molecular weight is 1050 g/mol. The van der Waals surface area contributed by atoms with Crippen LogP contribution in [-0.4, -0.2) is 108 Å². The number of carbonyl (C=O) groups is 2. The molecule has 19 nitrogen and oxygen atoms in total. The van der Waals surface area contributed by atoms with Crippen LogP contribution in [-0.2, 0) is 50.9 Å². The lowest BCUT2D eigenvalue weighted by Gasteiger charge is -2.44. The molecule has 1 rings (SSSR count). The Hall–Kier alpha value is -1.37. The minimum absolute atomic E-state index is 0.00584. The van der Waals surface area contributed by atoms with Gasteiger partial charge in [0.15, 0.2) is 6.10 Å². The lowest BCUT2D eigenvalue weighted by Crippen LogP contribution is -2.65. The number of phosphoric acid groups is 3. The van der Waals surface area contributed by atoms with E-state index in [4.69, 9.17) is 18.5 Å². The van der Waals surface area contributed by atoms with Gasteiger partial charge in [0.05, 0.1) is 6.61 Å². The molecule has 22 heteroatoms. The summed E-state index contributed by atoms with van der Waals surface area (Å²) in [5, 5.41) is 31.9. The first-order chi connectivity index (χ1) is 32.8. The summed E-state index contributed by atoms with van der Waals surface area (Å²) in [5.74, 6) is -1.30. The summed E-state index contributed by atoms with van der Waals surface area (Å²) in [4.78, 5) is 73.3. The molecule has 0 radical (unpaired) electrons. The molecule has 406 valence electrons. The van der Waals surface area contributed by atoms with Crippen molar-refractivity contribution in [1.82, 2.24) is 0 Å². The number of esters is 2. The molecule has 0 spiro atoms. The maximum atomic E-state index is 13.1. The van der Waals surface area contributed by atoms with Crippen molar-refractivity contribution in [2.45, 2.75) is 249 Å². The smallest absolute Gasteiger partial charge is 0.462 e. The van der Waals surface area contributed by atoms with Gasteiger partial charge in [-0.15, -0.1) is 0 Å². The van der Waals surface area contributed by atoms with Crippen molar-refractivity contribution in [2.24, 2.45) is 0 Å². The number of rotatable bonds is 44. The summed E-state index contributed by atoms with van der Waals surface area (Å²) in [7, 11) is -16.6. The Kier molecular flexibility index (Phi) is 37.2. The van der Waals surface area contributed by atoms with E-state index >= 15 is 0 Å². The molecule has 69 heavy (non-hydrogen) atoms. The number of allylic oxidation sites excluding steroid dienone is 4. The largest absolute Gasteiger partial charge is 0.472 e. The van der Waals surface area contributed by atoms with Crippen molar-refractivity contribution in [3.63, 3.8) is 0 Å². The highest BCUT2D eigenvalue weighted by molar-refractivity contribution is 7.47. The monoisotopic (exact) mass is 1050 g/mol. The van der Waals surface area contributed by atoms with E-state index in [0.29, 0.717) is 12.8 Å². The second kappa shape index (κ2) is 39.1. The van der Waals surface area contributed by atoms with Crippen molar-refractivity contribution in [1.29, 1.82) is 0 Å². The Morgan fingerprint density at radius 2 is 0.797 bits per heavy atom. The molecule has 8 atom stereocenters. The third-order valence-corrected chi connectivity index (χ3v) is 13.8. The van der Waals surface area contributed by atoms with Crippen LogP contribution in [0.5, 0.6) is 0 Å². The standard InChI is InChI=1S/C47H89O19P3/c1-3-5-7-9-11-13-15-17-19-20-22-24-26-28-30-32-34-36-41(49)63-39(37-61-40(48)35-33-31-29-27-25-23-21-18-16-14-12-10-8-6-4-2)38-62-69(59,60)66-45-42(50)43(51)46(64-67(53,54)55)47(44(45)52)65-68(56,57)58/h14,16-17,19,39,42-47,50-52H,3-13,15,18,20-38H2,1-2H3,(H,59,60)(H2,53,54,55)(H2,56,57,58). The molecule has 0 aliphatic heterocycles. The molecule has 0 amide bonds. The van der Waals surface area contributed by atoms with E-state index in [1.807, 2.05) is 0 Å². The molecule has 1 saturated carbocycles. The fourth-order valence-corrected chi connectivity index (χ4v) is 9.96. The van der Waals surface area contributed by atoms with Gasteiger partial charge < -0.3 is 49.3 Å². The molecule has 0 aromatic rings. The molecule has 0 aromatic carbocycles. The Morgan fingerprint density at radius 1 is 0.449 bits per heavy atom. The summed E-state index contributed by atoms with van der Waals surface area (Å²) in [6.45, 7) is 2.94.